The Morgan fingerprint density at radius 2 is 1.50 bits per heavy atom. The van der Waals surface area contributed by atoms with E-state index >= 15 is 0 Å². The summed E-state index contributed by atoms with van der Waals surface area (Å²) in [5, 5.41) is 8.65. The Kier molecular flexibility index (Phi) is 6.84. The van der Waals surface area contributed by atoms with E-state index < -0.39 is 0 Å². The molecule has 0 bridgehead atoms. The topological polar surface area (TPSA) is 91.7 Å². The molecule has 0 heterocycles. The second kappa shape index (κ2) is 9.54. The third-order valence-corrected chi connectivity index (χ3v) is 5.16. The number of hydrogen-bond donors (Lipinski definition) is 4. The monoisotopic (exact) mass is 409 g/mol. The van der Waals surface area contributed by atoms with Crippen LogP contribution >= 0.6 is 0 Å². The molecule has 7 nitrogen and oxygen atoms in total. The summed E-state index contributed by atoms with van der Waals surface area (Å²) in [4.78, 5) is 38.0. The lowest BCUT2D eigenvalue weighted by Gasteiger charge is -2.16. The van der Waals surface area contributed by atoms with Crippen molar-refractivity contribution in [3.05, 3.63) is 59.2 Å². The van der Waals surface area contributed by atoms with Crippen LogP contribution in [0.1, 0.15) is 34.3 Å². The van der Waals surface area contributed by atoms with Crippen LogP contribution < -0.4 is 20.9 Å². The number of hydrogen-bond acceptors (Lipinski definition) is 3. The molecule has 0 aromatic heterocycles. The normalized spacial score (nSPS) is 14.0. The maximum atomic E-state index is 12.5. The van der Waals surface area contributed by atoms with Crippen molar-refractivity contribution >= 4 is 29.1 Å². The first-order chi connectivity index (χ1) is 14.3. The molecular formula is C23H29N4O3+. The first-order valence-electron chi connectivity index (χ1n) is 10.2. The number of amides is 3. The van der Waals surface area contributed by atoms with Gasteiger partial charge in [0.2, 0.25) is 0 Å². The molecule has 2 aromatic carbocycles. The highest BCUT2D eigenvalue weighted by molar-refractivity contribution is 6.04. The molecule has 30 heavy (non-hydrogen) atoms. The second-order valence-electron chi connectivity index (χ2n) is 7.95. The Bertz CT molecular complexity index is 953. The molecule has 1 saturated carbocycles. The molecule has 0 spiro atoms. The van der Waals surface area contributed by atoms with Gasteiger partial charge in [0, 0.05) is 11.7 Å². The van der Waals surface area contributed by atoms with Gasteiger partial charge in [-0.2, -0.15) is 0 Å². The molecule has 3 amide bonds. The molecule has 1 unspecified atom stereocenters. The average Bonchev–Trinajstić information content (AvgIpc) is 3.49. The quantitative estimate of drug-likeness (QED) is 0.529. The molecule has 1 fully saturated rings. The van der Waals surface area contributed by atoms with E-state index in [0.29, 0.717) is 11.3 Å². The average molecular weight is 410 g/mol. The predicted molar refractivity (Wildman–Crippen MR) is 117 cm³/mol. The molecule has 7 heteroatoms. The van der Waals surface area contributed by atoms with Crippen LogP contribution in [0.2, 0.25) is 0 Å². The van der Waals surface area contributed by atoms with Crippen LogP contribution in [0.3, 0.4) is 0 Å². The van der Waals surface area contributed by atoms with Crippen LogP contribution in [0.15, 0.2) is 42.5 Å². The lowest BCUT2D eigenvalue weighted by molar-refractivity contribution is -0.862. The van der Waals surface area contributed by atoms with Crippen molar-refractivity contribution in [2.24, 2.45) is 0 Å². The molecule has 158 valence electrons. The van der Waals surface area contributed by atoms with E-state index in [0.717, 1.165) is 34.6 Å². The van der Waals surface area contributed by atoms with E-state index in [1.165, 1.54) is 0 Å². The van der Waals surface area contributed by atoms with Crippen LogP contribution in [0, 0.1) is 13.8 Å². The Hall–Kier alpha value is -3.19. The number of likely N-dealkylation sites (N-methyl/N-ethyl adjacent to an activating group) is 1. The lowest BCUT2D eigenvalue weighted by atomic mass is 10.1. The number of carbonyl (C=O) groups excluding carboxylic acids is 3. The zero-order valence-corrected chi connectivity index (χ0v) is 17.7. The van der Waals surface area contributed by atoms with Crippen molar-refractivity contribution in [3.63, 3.8) is 0 Å². The third-order valence-electron chi connectivity index (χ3n) is 5.16. The number of anilines is 2. The molecule has 1 aliphatic rings. The number of aryl methyl sites for hydroxylation is 1. The largest absolute Gasteiger partial charge is 0.349 e. The summed E-state index contributed by atoms with van der Waals surface area (Å²) in [6.45, 7) is 4.23. The van der Waals surface area contributed by atoms with Gasteiger partial charge in [0.25, 0.3) is 17.7 Å². The molecule has 1 aliphatic carbocycles. The van der Waals surface area contributed by atoms with Crippen LogP contribution in [0.25, 0.3) is 0 Å². The van der Waals surface area contributed by atoms with E-state index in [4.69, 9.17) is 0 Å². The van der Waals surface area contributed by atoms with E-state index in [1.807, 2.05) is 32.0 Å². The number of carbonyl (C=O) groups is 3. The number of quaternary nitrogens is 1. The van der Waals surface area contributed by atoms with Crippen molar-refractivity contribution in [3.8, 4) is 0 Å². The second-order valence-corrected chi connectivity index (χ2v) is 7.95. The van der Waals surface area contributed by atoms with Crippen LogP contribution in [0.5, 0.6) is 0 Å². The standard InChI is InChI=1S/C23H28N4O3/c1-15-7-6-10-19(16(15)2)25-21(28)13-27(3)14-22(29)26-20-9-5-4-8-18(20)23(30)24-17-11-12-17/h4-10,17H,11-14H2,1-3H3,(H,24,30)(H,25,28)(H,26,29)/p+1. The Morgan fingerprint density at radius 3 is 2.17 bits per heavy atom. The number of benzene rings is 2. The highest BCUT2D eigenvalue weighted by atomic mass is 16.2. The maximum Gasteiger partial charge on any atom is 0.279 e. The molecule has 0 saturated heterocycles. The summed E-state index contributed by atoms with van der Waals surface area (Å²) in [5.74, 6) is -0.584. The van der Waals surface area contributed by atoms with Crippen molar-refractivity contribution in [2.75, 3.05) is 30.8 Å². The summed E-state index contributed by atoms with van der Waals surface area (Å²) >= 11 is 0. The molecule has 0 radical (unpaired) electrons. The van der Waals surface area contributed by atoms with Gasteiger partial charge in [-0.05, 0) is 56.0 Å². The summed E-state index contributed by atoms with van der Waals surface area (Å²) in [7, 11) is 1.79. The van der Waals surface area contributed by atoms with E-state index in [2.05, 4.69) is 16.0 Å². The van der Waals surface area contributed by atoms with Gasteiger partial charge in [-0.25, -0.2) is 0 Å². The van der Waals surface area contributed by atoms with Gasteiger partial charge in [-0.1, -0.05) is 24.3 Å². The first kappa shape index (κ1) is 21.5. The summed E-state index contributed by atoms with van der Waals surface area (Å²) in [5.41, 5.74) is 3.85. The highest BCUT2D eigenvalue weighted by Crippen LogP contribution is 2.21. The van der Waals surface area contributed by atoms with Gasteiger partial charge >= 0.3 is 0 Å². The minimum Gasteiger partial charge on any atom is -0.349 e. The minimum absolute atomic E-state index is 0.110. The fraction of sp³-hybridized carbons (Fsp3) is 0.348. The zero-order chi connectivity index (χ0) is 21.7. The fourth-order valence-electron chi connectivity index (χ4n) is 3.17. The Balaban J connectivity index is 1.53. The zero-order valence-electron chi connectivity index (χ0n) is 17.7. The molecule has 3 rings (SSSR count). The predicted octanol–water partition coefficient (Wildman–Crippen LogP) is 1.29. The van der Waals surface area contributed by atoms with Crippen LogP contribution in [-0.2, 0) is 9.59 Å². The van der Waals surface area contributed by atoms with E-state index in [1.54, 1.807) is 31.3 Å². The molecular weight excluding hydrogens is 380 g/mol. The van der Waals surface area contributed by atoms with Gasteiger partial charge in [-0.15, -0.1) is 0 Å². The van der Waals surface area contributed by atoms with Gasteiger partial charge in [0.1, 0.15) is 0 Å². The minimum atomic E-state index is -0.251. The van der Waals surface area contributed by atoms with Crippen molar-refractivity contribution in [1.82, 2.24) is 5.32 Å². The summed E-state index contributed by atoms with van der Waals surface area (Å²) in [6, 6.07) is 13.0. The number of nitrogens with one attached hydrogen (secondary N) is 4. The molecule has 4 N–H and O–H groups in total. The van der Waals surface area contributed by atoms with E-state index in [-0.39, 0.29) is 36.9 Å². The third kappa shape index (κ3) is 5.90. The fourth-order valence-corrected chi connectivity index (χ4v) is 3.17. The summed E-state index contributed by atoms with van der Waals surface area (Å²) in [6.07, 6.45) is 2.00. The Labute approximate surface area is 176 Å². The first-order valence-corrected chi connectivity index (χ1v) is 10.2. The number of para-hydroxylation sites is 1. The van der Waals surface area contributed by atoms with E-state index in [9.17, 15) is 14.4 Å². The maximum absolute atomic E-state index is 12.5. The highest BCUT2D eigenvalue weighted by Gasteiger charge is 2.25. The van der Waals surface area contributed by atoms with Gasteiger partial charge in [0.15, 0.2) is 13.1 Å². The van der Waals surface area contributed by atoms with Gasteiger partial charge < -0.3 is 20.9 Å². The van der Waals surface area contributed by atoms with Crippen molar-refractivity contribution < 1.29 is 19.3 Å². The number of rotatable bonds is 8. The van der Waals surface area contributed by atoms with Gasteiger partial charge in [-0.3, -0.25) is 14.4 Å². The van der Waals surface area contributed by atoms with Crippen LogP contribution in [-0.4, -0.2) is 43.9 Å². The molecule has 2 aromatic rings. The molecule has 0 aliphatic heterocycles. The smallest absolute Gasteiger partial charge is 0.279 e. The van der Waals surface area contributed by atoms with Crippen LogP contribution in [0.4, 0.5) is 11.4 Å². The van der Waals surface area contributed by atoms with Crippen molar-refractivity contribution in [1.29, 1.82) is 0 Å². The van der Waals surface area contributed by atoms with Crippen molar-refractivity contribution in [2.45, 2.75) is 32.7 Å². The van der Waals surface area contributed by atoms with Gasteiger partial charge in [0.05, 0.1) is 18.3 Å². The Morgan fingerprint density at radius 1 is 0.900 bits per heavy atom. The lowest BCUT2D eigenvalue weighted by Crippen LogP contribution is -3.11. The molecule has 1 atom stereocenters. The summed E-state index contributed by atoms with van der Waals surface area (Å²) < 4.78 is 0. The SMILES string of the molecule is Cc1cccc(NC(=O)C[NH+](C)CC(=O)Nc2ccccc2C(=O)NC2CC2)c1C.